The van der Waals surface area contributed by atoms with E-state index in [1.54, 1.807) is 0 Å². The van der Waals surface area contributed by atoms with E-state index in [-0.39, 0.29) is 0 Å². The van der Waals surface area contributed by atoms with Gasteiger partial charge in [0.05, 0.1) is 0 Å². The van der Waals surface area contributed by atoms with E-state index in [2.05, 4.69) is 541 Å². The first-order chi connectivity index (χ1) is 67.3. The Hall–Kier alpha value is -17.4. The van der Waals surface area contributed by atoms with Gasteiger partial charge in [-0.15, -0.1) is 22.7 Å². The van der Waals surface area contributed by atoms with Gasteiger partial charge in [-0.05, 0) is 319 Å². The highest BCUT2D eigenvalue weighted by molar-refractivity contribution is 7.19. The van der Waals surface area contributed by atoms with Crippen LogP contribution in [0.5, 0.6) is 0 Å². The van der Waals surface area contributed by atoms with Gasteiger partial charge in [0.25, 0.3) is 0 Å². The second kappa shape index (κ2) is 36.0. The quantitative estimate of drug-likeness (QED) is 0.0636. The van der Waals surface area contributed by atoms with Crippen LogP contribution in [0.15, 0.2) is 531 Å². The van der Waals surface area contributed by atoms with Crippen LogP contribution in [0, 0.1) is 0 Å². The van der Waals surface area contributed by atoms with E-state index in [9.17, 15) is 0 Å². The number of rotatable bonds is 23. The molecule has 24 rings (SSSR count). The molecule has 0 spiro atoms. The lowest BCUT2D eigenvalue weighted by Crippen LogP contribution is -2.10. The Morgan fingerprint density at radius 1 is 0.118 bits per heavy atom. The van der Waals surface area contributed by atoms with Crippen molar-refractivity contribution in [3.63, 3.8) is 0 Å². The van der Waals surface area contributed by atoms with Gasteiger partial charge in [-0.1, -0.05) is 303 Å². The molecule has 4 heterocycles. The minimum Gasteiger partial charge on any atom is -0.456 e. The molecule has 8 heteroatoms. The summed E-state index contributed by atoms with van der Waals surface area (Å²) in [5.41, 5.74) is 37.2. The van der Waals surface area contributed by atoms with Crippen LogP contribution in [-0.4, -0.2) is 0 Å². The second-order valence-electron chi connectivity index (χ2n) is 34.3. The molecule has 0 N–H and O–H groups in total. The van der Waals surface area contributed by atoms with Crippen molar-refractivity contribution >= 4 is 135 Å². The number of furan rings is 2. The Labute approximate surface area is 798 Å². The van der Waals surface area contributed by atoms with E-state index in [1.165, 1.54) is 52.9 Å². The Kier molecular flexibility index (Phi) is 21.7. The number of nitrogens with zero attached hydrogens (tertiary/aromatic N) is 4. The van der Waals surface area contributed by atoms with Crippen molar-refractivity contribution < 1.29 is 8.83 Å². The average molecular weight is 1780 g/mol. The molecule has 0 aliphatic rings. The molecule has 0 amide bonds. The first kappa shape index (κ1) is 81.8. The smallest absolute Gasteiger partial charge is 0.135 e. The highest BCUT2D eigenvalue weighted by Gasteiger charge is 2.23. The first-order valence-corrected chi connectivity index (χ1v) is 47.7. The molecular formula is C128H86N4O2S2. The minimum absolute atomic E-state index is 0.873. The fourth-order valence-electron chi connectivity index (χ4n) is 18.9. The zero-order valence-electron chi connectivity index (χ0n) is 74.1. The Morgan fingerprint density at radius 3 is 0.449 bits per heavy atom. The van der Waals surface area contributed by atoms with E-state index in [0.717, 1.165) is 179 Å². The summed E-state index contributed by atoms with van der Waals surface area (Å²) in [7, 11) is 0. The van der Waals surface area contributed by atoms with Crippen molar-refractivity contribution in [1.82, 2.24) is 0 Å². The van der Waals surface area contributed by atoms with Crippen LogP contribution < -0.4 is 19.6 Å². The molecule has 24 aromatic rings. The molecule has 0 atom stereocenters. The van der Waals surface area contributed by atoms with Crippen molar-refractivity contribution in [2.45, 2.75) is 0 Å². The summed E-state index contributed by atoms with van der Waals surface area (Å²) < 4.78 is 12.9. The SMILES string of the molecule is c1ccc(-c2ccc(-c3ccc(-c4ccc5oc6ccc(-c7ccc(N(c8ccccc8)c8ccc(-c9ccc(N(c%10ccccc%10)c%10ccc(-c%11ccc(N(c%12ccccc%12)c%12ccc(-c%13ccc(N(c%14ccccc%14)c%14ccc(-c%15ccc%16oc%17ccc(-c%18ccc(-c%19ccc(-c%20ccccc%20)s%19)cc%18)cc%17c%16c%15)cc%14)cc%13)cc%12)cc%11)cc%10)cc9)cc8)cc7)cc6c5c4)cc3)s2)cc1. The maximum atomic E-state index is 6.45. The molecule has 0 radical (unpaired) electrons. The molecule has 0 aliphatic heterocycles. The first-order valence-electron chi connectivity index (χ1n) is 46.0. The maximum Gasteiger partial charge on any atom is 0.135 e. The standard InChI is InChI=1S/C128H86N4O2S2/c1-7-19-97(20-8-1)125-79-81-127(135-125)99-35-31-93(32-36-99)101-55-75-121-117(83-101)119-85-103(57-77-123(119)133-121)95-51-71-115(72-52-95)131(107-27-15-5-16-28-107)113-67-47-91(48-68-113)89-43-63-111(64-44-89)129(105-23-11-3-12-24-105)109-59-39-87(40-60-109)88-41-61-110(62-42-88)130(106-25-13-4-14-26-106)112-65-45-90(46-66-112)92-49-69-114(70-50-92)132(108-29-17-6-18-30-108)116-73-53-96(54-74-116)104-58-78-124-120(86-104)118-84-102(56-76-122(118)134-124)94-33-37-100(38-34-94)128-82-80-126(136-128)98-21-9-2-10-22-98/h1-86H. The highest BCUT2D eigenvalue weighted by atomic mass is 32.1. The molecule has 4 aromatic heterocycles. The zero-order chi connectivity index (χ0) is 90.2. The lowest BCUT2D eigenvalue weighted by molar-refractivity contribution is 0.668. The van der Waals surface area contributed by atoms with Crippen molar-refractivity contribution in [3.8, 4) is 120 Å². The molecule has 642 valence electrons. The fourth-order valence-corrected chi connectivity index (χ4v) is 21.0. The molecule has 0 unspecified atom stereocenters. The summed E-state index contributed by atoms with van der Waals surface area (Å²) in [5.74, 6) is 0. The van der Waals surface area contributed by atoms with Gasteiger partial charge in [0, 0.05) is 109 Å². The van der Waals surface area contributed by atoms with E-state index < -0.39 is 0 Å². The third kappa shape index (κ3) is 16.4. The van der Waals surface area contributed by atoms with Crippen LogP contribution in [0.3, 0.4) is 0 Å². The van der Waals surface area contributed by atoms with Gasteiger partial charge in [-0.2, -0.15) is 0 Å². The summed E-state index contributed by atoms with van der Waals surface area (Å²) in [6, 6.07) is 188. The van der Waals surface area contributed by atoms with Gasteiger partial charge in [0.2, 0.25) is 0 Å². The van der Waals surface area contributed by atoms with E-state index in [0.29, 0.717) is 0 Å². The third-order valence-corrected chi connectivity index (χ3v) is 28.4. The predicted molar refractivity (Wildman–Crippen MR) is 575 cm³/mol. The topological polar surface area (TPSA) is 39.2 Å². The number of hydrogen-bond acceptors (Lipinski definition) is 8. The largest absolute Gasteiger partial charge is 0.456 e. The van der Waals surface area contributed by atoms with E-state index in [4.69, 9.17) is 8.83 Å². The molecule has 136 heavy (non-hydrogen) atoms. The Balaban J connectivity index is 0.439. The molecule has 0 aliphatic carbocycles. The van der Waals surface area contributed by atoms with Gasteiger partial charge >= 0.3 is 0 Å². The van der Waals surface area contributed by atoms with Crippen LogP contribution in [-0.2, 0) is 0 Å². The molecular weight excluding hydrogens is 1690 g/mol. The number of para-hydroxylation sites is 4. The van der Waals surface area contributed by atoms with Gasteiger partial charge in [-0.25, -0.2) is 0 Å². The van der Waals surface area contributed by atoms with Gasteiger partial charge in [-0.3, -0.25) is 0 Å². The Morgan fingerprint density at radius 2 is 0.257 bits per heavy atom. The van der Waals surface area contributed by atoms with Gasteiger partial charge in [0.1, 0.15) is 22.3 Å². The summed E-state index contributed by atoms with van der Waals surface area (Å²) in [5, 5.41) is 4.39. The summed E-state index contributed by atoms with van der Waals surface area (Å²) in [4.78, 5) is 14.4. The predicted octanol–water partition coefficient (Wildman–Crippen LogP) is 37.8. The van der Waals surface area contributed by atoms with Crippen molar-refractivity contribution in [1.29, 1.82) is 0 Å². The highest BCUT2D eigenvalue weighted by Crippen LogP contribution is 2.47. The van der Waals surface area contributed by atoms with Crippen LogP contribution >= 0.6 is 22.7 Å². The number of hydrogen-bond donors (Lipinski definition) is 0. The molecule has 0 bridgehead atoms. The summed E-state index contributed by atoms with van der Waals surface area (Å²) in [6.45, 7) is 0. The molecule has 6 nitrogen and oxygen atoms in total. The van der Waals surface area contributed by atoms with Crippen LogP contribution in [0.4, 0.5) is 68.2 Å². The van der Waals surface area contributed by atoms with E-state index in [1.807, 2.05) is 22.7 Å². The molecule has 0 fully saturated rings. The minimum atomic E-state index is 0.873. The Bertz CT molecular complexity index is 7850. The lowest BCUT2D eigenvalue weighted by Gasteiger charge is -2.27. The second-order valence-corrected chi connectivity index (χ2v) is 36.5. The lowest BCUT2D eigenvalue weighted by atomic mass is 9.99. The third-order valence-electron chi connectivity index (χ3n) is 26.0. The van der Waals surface area contributed by atoms with Crippen molar-refractivity contribution in [3.05, 3.63) is 522 Å². The summed E-state index contributed by atoms with van der Waals surface area (Å²) >= 11 is 3.65. The van der Waals surface area contributed by atoms with E-state index >= 15 is 0 Å². The van der Waals surface area contributed by atoms with Crippen LogP contribution in [0.1, 0.15) is 0 Å². The van der Waals surface area contributed by atoms with Gasteiger partial charge < -0.3 is 28.4 Å². The fraction of sp³-hybridized carbons (Fsp3) is 0. The maximum absolute atomic E-state index is 6.45. The van der Waals surface area contributed by atoms with Crippen molar-refractivity contribution in [2.24, 2.45) is 0 Å². The molecule has 0 saturated carbocycles. The van der Waals surface area contributed by atoms with Gasteiger partial charge in [0.15, 0.2) is 0 Å². The average Bonchev–Trinajstić information content (AvgIpc) is 1.62. The molecule has 0 saturated heterocycles. The van der Waals surface area contributed by atoms with Crippen molar-refractivity contribution in [2.75, 3.05) is 19.6 Å². The summed E-state index contributed by atoms with van der Waals surface area (Å²) in [6.07, 6.45) is 0. The monoisotopic (exact) mass is 1770 g/mol. The number of anilines is 12. The number of thiophene rings is 2. The number of benzene rings is 20. The number of fused-ring (bicyclic) bond motifs is 6. The normalized spacial score (nSPS) is 11.4. The van der Waals surface area contributed by atoms with Crippen LogP contribution in [0.25, 0.3) is 164 Å². The van der Waals surface area contributed by atoms with Crippen LogP contribution in [0.2, 0.25) is 0 Å². The molecule has 20 aromatic carbocycles. The zero-order valence-corrected chi connectivity index (χ0v) is 75.7.